The Labute approximate surface area is 109 Å². The second kappa shape index (κ2) is 7.23. The molecule has 0 saturated carbocycles. The molecule has 0 heterocycles. The van der Waals surface area contributed by atoms with Crippen molar-refractivity contribution in [2.75, 3.05) is 6.61 Å². The lowest BCUT2D eigenvalue weighted by molar-refractivity contribution is -0.149. The van der Waals surface area contributed by atoms with Gasteiger partial charge in [-0.3, -0.25) is 0 Å². The van der Waals surface area contributed by atoms with E-state index >= 15 is 0 Å². The van der Waals surface area contributed by atoms with Crippen molar-refractivity contribution in [3.63, 3.8) is 0 Å². The molecule has 18 heavy (non-hydrogen) atoms. The summed E-state index contributed by atoms with van der Waals surface area (Å²) < 4.78 is 43.6. The van der Waals surface area contributed by atoms with Gasteiger partial charge >= 0.3 is 5.97 Å². The summed E-state index contributed by atoms with van der Waals surface area (Å²) in [5.74, 6) is -2.91. The molecule has 0 aliphatic heterocycles. The van der Waals surface area contributed by atoms with Crippen molar-refractivity contribution >= 4 is 18.4 Å². The van der Waals surface area contributed by atoms with Crippen LogP contribution in [-0.2, 0) is 9.53 Å². The summed E-state index contributed by atoms with van der Waals surface area (Å²) in [6.45, 7) is 1.52. The van der Waals surface area contributed by atoms with Gasteiger partial charge in [-0.25, -0.2) is 18.0 Å². The Morgan fingerprint density at radius 2 is 1.83 bits per heavy atom. The van der Waals surface area contributed by atoms with Crippen LogP contribution in [0.4, 0.5) is 13.2 Å². The monoisotopic (exact) mass is 283 g/mol. The van der Waals surface area contributed by atoms with E-state index in [1.165, 1.54) is 6.92 Å². The lowest BCUT2D eigenvalue weighted by atomic mass is 10.0. The van der Waals surface area contributed by atoms with E-state index in [-0.39, 0.29) is 24.6 Å². The van der Waals surface area contributed by atoms with E-state index in [0.29, 0.717) is 6.07 Å². The summed E-state index contributed by atoms with van der Waals surface area (Å²) in [6, 6.07) is 0.923. The van der Waals surface area contributed by atoms with E-state index in [0.717, 1.165) is 12.1 Å². The molecule has 0 bridgehead atoms. The first-order valence-corrected chi connectivity index (χ1v) is 4.98. The number of ether oxygens (including phenoxy) is 1. The summed E-state index contributed by atoms with van der Waals surface area (Å²) >= 11 is 0. The fourth-order valence-electron chi connectivity index (χ4n) is 1.31. The molecule has 102 valence electrons. The predicted molar refractivity (Wildman–Crippen MR) is 62.1 cm³/mol. The molecular weight excluding hydrogens is 271 g/mol. The molecule has 2 atom stereocenters. The molecule has 1 rings (SSSR count). The number of halogens is 4. The summed E-state index contributed by atoms with van der Waals surface area (Å²) in [6.07, 6.45) is -2.16. The van der Waals surface area contributed by atoms with E-state index in [9.17, 15) is 18.0 Å². The Kier molecular flexibility index (Phi) is 6.72. The van der Waals surface area contributed by atoms with Gasteiger partial charge in [-0.15, -0.1) is 12.4 Å². The highest BCUT2D eigenvalue weighted by atomic mass is 35.5. The van der Waals surface area contributed by atoms with Gasteiger partial charge in [-0.05, 0) is 24.6 Å². The molecule has 0 aliphatic carbocycles. The Hall–Kier alpha value is -1.27. The van der Waals surface area contributed by atoms with Crippen LogP contribution in [0.1, 0.15) is 18.5 Å². The second-order valence-corrected chi connectivity index (χ2v) is 3.38. The van der Waals surface area contributed by atoms with Crippen LogP contribution in [-0.4, -0.2) is 18.7 Å². The number of benzene rings is 1. The van der Waals surface area contributed by atoms with Crippen molar-refractivity contribution in [1.29, 1.82) is 0 Å². The van der Waals surface area contributed by atoms with Gasteiger partial charge in [-0.2, -0.15) is 0 Å². The fourth-order valence-corrected chi connectivity index (χ4v) is 1.31. The molecule has 1 aromatic rings. The lowest BCUT2D eigenvalue weighted by Crippen LogP contribution is -2.31. The van der Waals surface area contributed by atoms with Crippen LogP contribution in [0.15, 0.2) is 18.2 Å². The Morgan fingerprint density at radius 1 is 1.33 bits per heavy atom. The largest absolute Gasteiger partial charge is 0.464 e. The third kappa shape index (κ3) is 4.19. The molecule has 0 aliphatic rings. The molecule has 1 unspecified atom stereocenters. The molecular formula is C11H13ClF3NO2. The van der Waals surface area contributed by atoms with Crippen molar-refractivity contribution in [3.8, 4) is 0 Å². The van der Waals surface area contributed by atoms with Gasteiger partial charge < -0.3 is 10.5 Å². The minimum absolute atomic E-state index is 0. The third-order valence-corrected chi connectivity index (χ3v) is 2.10. The van der Waals surface area contributed by atoms with E-state index in [4.69, 9.17) is 5.73 Å². The number of esters is 1. The maximum Gasteiger partial charge on any atom is 0.342 e. The highest BCUT2D eigenvalue weighted by Gasteiger charge is 2.28. The molecule has 7 heteroatoms. The SMILES string of the molecule is CCOC(=O)C(F)[C@H](N)c1cc(F)cc(F)c1.Cl. The first-order chi connectivity index (χ1) is 7.95. The molecule has 3 nitrogen and oxygen atoms in total. The quantitative estimate of drug-likeness (QED) is 0.863. The lowest BCUT2D eigenvalue weighted by Gasteiger charge is -2.15. The van der Waals surface area contributed by atoms with Crippen LogP contribution < -0.4 is 5.73 Å². The second-order valence-electron chi connectivity index (χ2n) is 3.38. The van der Waals surface area contributed by atoms with Crippen LogP contribution in [0, 0.1) is 11.6 Å². The number of rotatable bonds is 4. The average molecular weight is 284 g/mol. The summed E-state index contributed by atoms with van der Waals surface area (Å²) in [4.78, 5) is 11.1. The van der Waals surface area contributed by atoms with Crippen molar-refractivity contribution in [2.24, 2.45) is 5.73 Å². The van der Waals surface area contributed by atoms with Gasteiger partial charge in [0.15, 0.2) is 0 Å². The topological polar surface area (TPSA) is 52.3 Å². The van der Waals surface area contributed by atoms with Crippen LogP contribution in [0.3, 0.4) is 0 Å². The highest BCUT2D eigenvalue weighted by Crippen LogP contribution is 2.20. The van der Waals surface area contributed by atoms with Gasteiger partial charge in [0, 0.05) is 6.07 Å². The summed E-state index contributed by atoms with van der Waals surface area (Å²) in [7, 11) is 0. The predicted octanol–water partition coefficient (Wildman–Crippen LogP) is 2.29. The standard InChI is InChI=1S/C11H12F3NO2.ClH/c1-2-17-11(16)9(14)10(15)6-3-7(12)5-8(13)4-6;/h3-5,9-10H,2,15H2,1H3;1H/t9?,10-;/m1./s1. The smallest absolute Gasteiger partial charge is 0.342 e. The zero-order valence-corrected chi connectivity index (χ0v) is 10.3. The van der Waals surface area contributed by atoms with Gasteiger partial charge in [0.2, 0.25) is 6.17 Å². The molecule has 1 aromatic carbocycles. The van der Waals surface area contributed by atoms with E-state index < -0.39 is 29.8 Å². The Morgan fingerprint density at radius 3 is 2.28 bits per heavy atom. The van der Waals surface area contributed by atoms with Crippen LogP contribution >= 0.6 is 12.4 Å². The molecule has 0 radical (unpaired) electrons. The van der Waals surface area contributed by atoms with Crippen molar-refractivity contribution in [3.05, 3.63) is 35.4 Å². The molecule has 0 aromatic heterocycles. The van der Waals surface area contributed by atoms with E-state index in [1.807, 2.05) is 0 Å². The first kappa shape index (κ1) is 16.7. The maximum absolute atomic E-state index is 13.5. The van der Waals surface area contributed by atoms with Gasteiger partial charge in [0.25, 0.3) is 0 Å². The molecule has 0 amide bonds. The van der Waals surface area contributed by atoms with E-state index in [2.05, 4.69) is 4.74 Å². The number of hydrogen-bond acceptors (Lipinski definition) is 3. The van der Waals surface area contributed by atoms with Crippen molar-refractivity contribution in [1.82, 2.24) is 0 Å². The van der Waals surface area contributed by atoms with Crippen LogP contribution in [0.25, 0.3) is 0 Å². The van der Waals surface area contributed by atoms with Crippen LogP contribution in [0.2, 0.25) is 0 Å². The van der Waals surface area contributed by atoms with Gasteiger partial charge in [-0.1, -0.05) is 0 Å². The summed E-state index contributed by atoms with van der Waals surface area (Å²) in [5.41, 5.74) is 5.26. The van der Waals surface area contributed by atoms with Crippen molar-refractivity contribution < 1.29 is 22.7 Å². The average Bonchev–Trinajstić information content (AvgIpc) is 2.26. The fraction of sp³-hybridized carbons (Fsp3) is 0.364. The minimum atomic E-state index is -2.16. The molecule has 2 N–H and O–H groups in total. The third-order valence-electron chi connectivity index (χ3n) is 2.10. The number of alkyl halides is 1. The Balaban J connectivity index is 0.00000289. The number of carbonyl (C=O) groups is 1. The van der Waals surface area contributed by atoms with Gasteiger partial charge in [0.05, 0.1) is 12.6 Å². The van der Waals surface area contributed by atoms with Gasteiger partial charge in [0.1, 0.15) is 11.6 Å². The summed E-state index contributed by atoms with van der Waals surface area (Å²) in [5, 5.41) is 0. The number of hydrogen-bond donors (Lipinski definition) is 1. The van der Waals surface area contributed by atoms with E-state index in [1.54, 1.807) is 0 Å². The number of nitrogens with two attached hydrogens (primary N) is 1. The zero-order valence-electron chi connectivity index (χ0n) is 9.53. The molecule has 0 fully saturated rings. The highest BCUT2D eigenvalue weighted by molar-refractivity contribution is 5.85. The number of carbonyl (C=O) groups excluding carboxylic acids is 1. The normalized spacial score (nSPS) is 13.4. The maximum atomic E-state index is 13.5. The minimum Gasteiger partial charge on any atom is -0.464 e. The first-order valence-electron chi connectivity index (χ1n) is 4.98. The molecule has 0 spiro atoms. The van der Waals surface area contributed by atoms with Crippen LogP contribution in [0.5, 0.6) is 0 Å². The molecule has 0 saturated heterocycles. The zero-order chi connectivity index (χ0) is 13.0. The Bertz CT molecular complexity index is 397. The van der Waals surface area contributed by atoms with Crippen molar-refractivity contribution in [2.45, 2.75) is 19.1 Å².